The Balaban J connectivity index is 1.80. The Morgan fingerprint density at radius 1 is 1.30 bits per heavy atom. The maximum absolute atomic E-state index is 5.57. The van der Waals surface area contributed by atoms with Crippen LogP contribution >= 0.6 is 23.5 Å². The zero-order chi connectivity index (χ0) is 13.9. The Morgan fingerprint density at radius 3 is 2.95 bits per heavy atom. The average molecular weight is 304 g/mol. The number of fused-ring (bicyclic) bond motifs is 1. The summed E-state index contributed by atoms with van der Waals surface area (Å²) in [5, 5.41) is 0. The molecule has 0 radical (unpaired) electrons. The van der Waals surface area contributed by atoms with Gasteiger partial charge < -0.3 is 5.43 Å². The molecule has 2 aromatic rings. The van der Waals surface area contributed by atoms with Crippen LogP contribution in [0, 0.1) is 6.92 Å². The normalized spacial score (nSPS) is 13.3. The number of aromatic nitrogens is 2. The molecule has 0 saturated carbocycles. The molecule has 3 rings (SSSR count). The number of nitrogen functional groups attached to an aromatic ring is 1. The third-order valence-electron chi connectivity index (χ3n) is 3.21. The van der Waals surface area contributed by atoms with Gasteiger partial charge in [-0.3, -0.25) is 0 Å². The van der Waals surface area contributed by atoms with E-state index < -0.39 is 0 Å². The van der Waals surface area contributed by atoms with E-state index in [2.05, 4.69) is 46.6 Å². The Labute approximate surface area is 126 Å². The minimum atomic E-state index is 0.761. The molecule has 1 aliphatic heterocycles. The topological polar surface area (TPSA) is 63.8 Å². The summed E-state index contributed by atoms with van der Waals surface area (Å²) in [6, 6.07) is 8.36. The van der Waals surface area contributed by atoms with E-state index in [9.17, 15) is 0 Å². The first kappa shape index (κ1) is 13.7. The van der Waals surface area contributed by atoms with Crippen molar-refractivity contribution in [3.05, 3.63) is 46.9 Å². The Morgan fingerprint density at radius 2 is 2.15 bits per heavy atom. The molecular weight excluding hydrogens is 288 g/mol. The molecule has 1 aliphatic rings. The monoisotopic (exact) mass is 304 g/mol. The van der Waals surface area contributed by atoms with Gasteiger partial charge in [-0.2, -0.15) is 11.8 Å². The van der Waals surface area contributed by atoms with E-state index in [0.717, 1.165) is 40.2 Å². The minimum absolute atomic E-state index is 0.761. The molecule has 1 aromatic heterocycles. The van der Waals surface area contributed by atoms with Gasteiger partial charge in [0.05, 0.1) is 11.4 Å². The number of hydrazine groups is 1. The lowest BCUT2D eigenvalue weighted by molar-refractivity contribution is 0.969. The molecule has 4 nitrogen and oxygen atoms in total. The van der Waals surface area contributed by atoms with Crippen LogP contribution < -0.4 is 11.3 Å². The summed E-state index contributed by atoms with van der Waals surface area (Å²) in [4.78, 5) is 10.5. The lowest BCUT2D eigenvalue weighted by Gasteiger charge is -2.09. The van der Waals surface area contributed by atoms with Gasteiger partial charge >= 0.3 is 0 Å². The van der Waals surface area contributed by atoms with E-state index in [1.165, 1.54) is 10.5 Å². The summed E-state index contributed by atoms with van der Waals surface area (Å²) in [5.41, 5.74) is 6.27. The molecule has 20 heavy (non-hydrogen) atoms. The second-order valence-corrected chi connectivity index (χ2v) is 6.61. The van der Waals surface area contributed by atoms with E-state index in [-0.39, 0.29) is 0 Å². The largest absolute Gasteiger partial charge is 0.308 e. The van der Waals surface area contributed by atoms with Crippen LogP contribution in [0.2, 0.25) is 0 Å². The van der Waals surface area contributed by atoms with Gasteiger partial charge in [0, 0.05) is 22.0 Å². The van der Waals surface area contributed by atoms with Gasteiger partial charge in [0.15, 0.2) is 0 Å². The molecule has 0 atom stereocenters. The highest BCUT2D eigenvalue weighted by Gasteiger charge is 2.19. The maximum Gasteiger partial charge on any atom is 0.148 e. The van der Waals surface area contributed by atoms with Gasteiger partial charge in [-0.1, -0.05) is 18.2 Å². The van der Waals surface area contributed by atoms with Crippen molar-refractivity contribution in [2.45, 2.75) is 29.1 Å². The number of anilines is 1. The molecule has 6 heteroatoms. The fourth-order valence-electron chi connectivity index (χ4n) is 2.15. The standard InChI is InChI=1S/C14H16N4S2/c1-9-4-2-3-5-12(9)20-8-13-16-11-7-19-6-10(11)14(17-13)18-15/h2-5H,6-8,15H2,1H3,(H,16,17,18). The van der Waals surface area contributed by atoms with Crippen LogP contribution in [0.3, 0.4) is 0 Å². The second kappa shape index (κ2) is 6.03. The van der Waals surface area contributed by atoms with Crippen molar-refractivity contribution < 1.29 is 0 Å². The molecular formula is C14H16N4S2. The van der Waals surface area contributed by atoms with Crippen LogP contribution in [0.15, 0.2) is 29.2 Å². The summed E-state index contributed by atoms with van der Waals surface area (Å²) in [6.07, 6.45) is 0. The number of nitrogens with two attached hydrogens (primary N) is 1. The molecule has 0 bridgehead atoms. The average Bonchev–Trinajstić information content (AvgIpc) is 2.94. The molecule has 1 aromatic carbocycles. The molecule has 3 N–H and O–H groups in total. The summed E-state index contributed by atoms with van der Waals surface area (Å²) < 4.78 is 0. The highest BCUT2D eigenvalue weighted by atomic mass is 32.2. The number of aryl methyl sites for hydroxylation is 1. The molecule has 0 saturated heterocycles. The van der Waals surface area contributed by atoms with Crippen molar-refractivity contribution >= 4 is 29.3 Å². The number of hydrogen-bond acceptors (Lipinski definition) is 6. The van der Waals surface area contributed by atoms with Crippen LogP contribution in [-0.4, -0.2) is 9.97 Å². The van der Waals surface area contributed by atoms with E-state index in [0.29, 0.717) is 0 Å². The number of nitrogens with zero attached hydrogens (tertiary/aromatic N) is 2. The molecule has 0 fully saturated rings. The molecule has 0 spiro atoms. The van der Waals surface area contributed by atoms with Crippen molar-refractivity contribution in [3.8, 4) is 0 Å². The third-order valence-corrected chi connectivity index (χ3v) is 5.35. The molecule has 0 unspecified atom stereocenters. The minimum Gasteiger partial charge on any atom is -0.308 e. The lowest BCUT2D eigenvalue weighted by Crippen LogP contribution is -2.13. The second-order valence-electron chi connectivity index (χ2n) is 4.60. The molecule has 2 heterocycles. The number of rotatable bonds is 4. The molecule has 0 amide bonds. The predicted octanol–water partition coefficient (Wildman–Crippen LogP) is 3.11. The summed E-state index contributed by atoms with van der Waals surface area (Å²) in [7, 11) is 0. The van der Waals surface area contributed by atoms with Crippen molar-refractivity contribution in [1.82, 2.24) is 9.97 Å². The highest BCUT2D eigenvalue weighted by Crippen LogP contribution is 2.33. The van der Waals surface area contributed by atoms with Crippen molar-refractivity contribution in [2.75, 3.05) is 5.43 Å². The van der Waals surface area contributed by atoms with Crippen LogP contribution in [-0.2, 0) is 17.3 Å². The number of thioether (sulfide) groups is 2. The fraction of sp³-hybridized carbons (Fsp3) is 0.286. The van der Waals surface area contributed by atoms with E-state index in [1.807, 2.05) is 11.8 Å². The van der Waals surface area contributed by atoms with Gasteiger partial charge in [-0.25, -0.2) is 15.8 Å². The quantitative estimate of drug-likeness (QED) is 0.514. The van der Waals surface area contributed by atoms with Crippen molar-refractivity contribution in [1.29, 1.82) is 0 Å². The van der Waals surface area contributed by atoms with E-state index in [4.69, 9.17) is 5.84 Å². The zero-order valence-electron chi connectivity index (χ0n) is 11.2. The maximum atomic E-state index is 5.57. The van der Waals surface area contributed by atoms with Gasteiger partial charge in [0.25, 0.3) is 0 Å². The fourth-order valence-corrected chi connectivity index (χ4v) is 4.07. The van der Waals surface area contributed by atoms with Gasteiger partial charge in [-0.15, -0.1) is 11.8 Å². The van der Waals surface area contributed by atoms with Crippen LogP contribution in [0.5, 0.6) is 0 Å². The number of hydrogen-bond donors (Lipinski definition) is 2. The van der Waals surface area contributed by atoms with E-state index >= 15 is 0 Å². The van der Waals surface area contributed by atoms with Crippen LogP contribution in [0.1, 0.15) is 22.6 Å². The summed E-state index contributed by atoms with van der Waals surface area (Å²) in [6.45, 7) is 2.12. The SMILES string of the molecule is Cc1ccccc1SCc1nc2c(c(NN)n1)CSC2. The van der Waals surface area contributed by atoms with E-state index in [1.54, 1.807) is 11.8 Å². The first-order chi connectivity index (χ1) is 9.78. The Hall–Kier alpha value is -1.24. The zero-order valence-corrected chi connectivity index (χ0v) is 12.9. The highest BCUT2D eigenvalue weighted by molar-refractivity contribution is 7.98. The van der Waals surface area contributed by atoms with Gasteiger partial charge in [0.1, 0.15) is 11.6 Å². The van der Waals surface area contributed by atoms with Crippen LogP contribution in [0.25, 0.3) is 0 Å². The third kappa shape index (κ3) is 2.77. The first-order valence-electron chi connectivity index (χ1n) is 6.39. The van der Waals surface area contributed by atoms with Crippen molar-refractivity contribution in [3.63, 3.8) is 0 Å². The smallest absolute Gasteiger partial charge is 0.148 e. The number of benzene rings is 1. The van der Waals surface area contributed by atoms with Gasteiger partial charge in [-0.05, 0) is 18.6 Å². The summed E-state index contributed by atoms with van der Waals surface area (Å²) in [5.74, 6) is 9.84. The lowest BCUT2D eigenvalue weighted by atomic mass is 10.2. The molecule has 0 aliphatic carbocycles. The Bertz CT molecular complexity index is 631. The Kier molecular flexibility index (Phi) is 4.14. The van der Waals surface area contributed by atoms with Crippen molar-refractivity contribution in [2.24, 2.45) is 5.84 Å². The predicted molar refractivity (Wildman–Crippen MR) is 85.6 cm³/mol. The number of nitrogens with one attached hydrogen (secondary N) is 1. The molecule has 104 valence electrons. The first-order valence-corrected chi connectivity index (χ1v) is 8.53. The van der Waals surface area contributed by atoms with Gasteiger partial charge in [0.2, 0.25) is 0 Å². The van der Waals surface area contributed by atoms with Crippen LogP contribution in [0.4, 0.5) is 5.82 Å². The summed E-state index contributed by atoms with van der Waals surface area (Å²) >= 11 is 3.62.